The molecule has 1 aromatic heterocycles. The second-order valence-electron chi connectivity index (χ2n) is 6.34. The van der Waals surface area contributed by atoms with Gasteiger partial charge in [0.15, 0.2) is 5.82 Å². The first-order valence-corrected chi connectivity index (χ1v) is 8.14. The Morgan fingerprint density at radius 1 is 1.41 bits per heavy atom. The molecule has 2 amide bonds. The summed E-state index contributed by atoms with van der Waals surface area (Å²) in [5.41, 5.74) is 0. The van der Waals surface area contributed by atoms with Gasteiger partial charge in [-0.15, -0.1) is 10.2 Å². The van der Waals surface area contributed by atoms with Gasteiger partial charge >= 0.3 is 6.03 Å². The number of carbonyl (C=O) groups is 1. The van der Waals surface area contributed by atoms with E-state index in [0.29, 0.717) is 13.2 Å². The molecule has 122 valence electrons. The van der Waals surface area contributed by atoms with Crippen LogP contribution in [0.1, 0.15) is 43.4 Å². The van der Waals surface area contributed by atoms with Gasteiger partial charge in [0.2, 0.25) is 0 Å². The van der Waals surface area contributed by atoms with Crippen molar-refractivity contribution < 1.29 is 9.53 Å². The Balaban J connectivity index is 1.46. The van der Waals surface area contributed by atoms with Crippen LogP contribution in [0.5, 0.6) is 0 Å². The third-order valence-electron chi connectivity index (χ3n) is 4.42. The summed E-state index contributed by atoms with van der Waals surface area (Å²) in [5, 5.41) is 11.4. The van der Waals surface area contributed by atoms with Gasteiger partial charge < -0.3 is 19.5 Å². The van der Waals surface area contributed by atoms with Crippen LogP contribution in [0.3, 0.4) is 0 Å². The SMILES string of the molecule is Cc1nnc2n1CCC[C@@H]2NC(=O)N(C)CCOCC1CC1. The van der Waals surface area contributed by atoms with E-state index in [1.165, 1.54) is 12.8 Å². The minimum absolute atomic E-state index is 0.0442. The number of rotatable bonds is 6. The molecule has 0 saturated heterocycles. The average Bonchev–Trinajstić information content (AvgIpc) is 3.26. The van der Waals surface area contributed by atoms with Crippen molar-refractivity contribution in [3.8, 4) is 0 Å². The highest BCUT2D eigenvalue weighted by Crippen LogP contribution is 2.28. The van der Waals surface area contributed by atoms with Gasteiger partial charge in [0.05, 0.1) is 12.6 Å². The average molecular weight is 307 g/mol. The predicted molar refractivity (Wildman–Crippen MR) is 81.4 cm³/mol. The number of carbonyl (C=O) groups excluding carboxylic acids is 1. The quantitative estimate of drug-likeness (QED) is 0.808. The monoisotopic (exact) mass is 307 g/mol. The molecule has 0 spiro atoms. The largest absolute Gasteiger partial charge is 0.379 e. The third kappa shape index (κ3) is 3.58. The highest BCUT2D eigenvalue weighted by atomic mass is 16.5. The molecule has 2 aliphatic rings. The van der Waals surface area contributed by atoms with Gasteiger partial charge in [-0.25, -0.2) is 4.79 Å². The Bertz CT molecular complexity index is 526. The number of aromatic nitrogens is 3. The summed E-state index contributed by atoms with van der Waals surface area (Å²) in [6, 6.07) is -0.119. The van der Waals surface area contributed by atoms with Gasteiger partial charge in [-0.3, -0.25) is 0 Å². The van der Waals surface area contributed by atoms with Crippen LogP contribution in [-0.4, -0.2) is 52.5 Å². The maximum Gasteiger partial charge on any atom is 0.317 e. The van der Waals surface area contributed by atoms with Crippen molar-refractivity contribution in [1.82, 2.24) is 25.0 Å². The number of likely N-dealkylation sites (N-methyl/N-ethyl adjacent to an activating group) is 1. The van der Waals surface area contributed by atoms with Crippen LogP contribution < -0.4 is 5.32 Å². The van der Waals surface area contributed by atoms with Crippen molar-refractivity contribution in [3.63, 3.8) is 0 Å². The van der Waals surface area contributed by atoms with Crippen LogP contribution in [-0.2, 0) is 11.3 Å². The van der Waals surface area contributed by atoms with E-state index in [9.17, 15) is 4.79 Å². The van der Waals surface area contributed by atoms with Crippen LogP contribution >= 0.6 is 0 Å². The van der Waals surface area contributed by atoms with Crippen LogP contribution in [0.15, 0.2) is 0 Å². The van der Waals surface area contributed by atoms with Gasteiger partial charge in [0, 0.05) is 26.7 Å². The zero-order valence-corrected chi connectivity index (χ0v) is 13.4. The van der Waals surface area contributed by atoms with Crippen molar-refractivity contribution in [2.75, 3.05) is 26.8 Å². The molecule has 0 radical (unpaired) electrons. The standard InChI is InChI=1S/C15H25N5O2/c1-11-17-18-14-13(4-3-7-20(11)14)16-15(21)19(2)8-9-22-10-12-5-6-12/h12-13H,3-10H2,1-2H3,(H,16,21)/t13-/m0/s1. The van der Waals surface area contributed by atoms with Crippen LogP contribution in [0.4, 0.5) is 4.79 Å². The van der Waals surface area contributed by atoms with Gasteiger partial charge in [-0.1, -0.05) is 0 Å². The summed E-state index contributed by atoms with van der Waals surface area (Å²) in [6.07, 6.45) is 4.52. The Kier molecular flexibility index (Phi) is 4.61. The van der Waals surface area contributed by atoms with Gasteiger partial charge in [-0.05, 0) is 38.5 Å². The second-order valence-corrected chi connectivity index (χ2v) is 6.34. The number of aryl methyl sites for hydroxylation is 1. The second kappa shape index (κ2) is 6.64. The van der Waals surface area contributed by atoms with Crippen molar-refractivity contribution in [3.05, 3.63) is 11.6 Å². The van der Waals surface area contributed by atoms with Crippen molar-refractivity contribution in [2.45, 2.75) is 45.2 Å². The molecule has 2 heterocycles. The van der Waals surface area contributed by atoms with E-state index in [4.69, 9.17) is 4.74 Å². The van der Waals surface area contributed by atoms with E-state index >= 15 is 0 Å². The Morgan fingerprint density at radius 3 is 3.00 bits per heavy atom. The van der Waals surface area contributed by atoms with Gasteiger partial charge in [0.1, 0.15) is 5.82 Å². The molecule has 1 aliphatic heterocycles. The highest BCUT2D eigenvalue weighted by Gasteiger charge is 2.26. The lowest BCUT2D eigenvalue weighted by Crippen LogP contribution is -2.42. The minimum atomic E-state index is -0.0749. The fourth-order valence-electron chi connectivity index (χ4n) is 2.75. The van der Waals surface area contributed by atoms with E-state index in [0.717, 1.165) is 43.6 Å². The zero-order valence-electron chi connectivity index (χ0n) is 13.4. The minimum Gasteiger partial charge on any atom is -0.379 e. The lowest BCUT2D eigenvalue weighted by molar-refractivity contribution is 0.107. The summed E-state index contributed by atoms with van der Waals surface area (Å²) in [5.74, 6) is 2.54. The molecule has 1 aromatic rings. The number of nitrogens with zero attached hydrogens (tertiary/aromatic N) is 4. The van der Waals surface area contributed by atoms with E-state index in [-0.39, 0.29) is 12.1 Å². The van der Waals surface area contributed by atoms with Crippen molar-refractivity contribution >= 4 is 6.03 Å². The molecule has 0 aromatic carbocycles. The van der Waals surface area contributed by atoms with Crippen LogP contribution in [0.2, 0.25) is 0 Å². The molecular weight excluding hydrogens is 282 g/mol. The normalized spacial score (nSPS) is 20.5. The topological polar surface area (TPSA) is 72.3 Å². The van der Waals surface area contributed by atoms with E-state index < -0.39 is 0 Å². The Labute approximate surface area is 131 Å². The first-order chi connectivity index (χ1) is 10.6. The highest BCUT2D eigenvalue weighted by molar-refractivity contribution is 5.74. The summed E-state index contributed by atoms with van der Waals surface area (Å²) >= 11 is 0. The molecule has 1 atom stereocenters. The summed E-state index contributed by atoms with van der Waals surface area (Å²) in [4.78, 5) is 13.9. The van der Waals surface area contributed by atoms with Gasteiger partial charge in [-0.2, -0.15) is 0 Å². The molecule has 3 rings (SSSR count). The fraction of sp³-hybridized carbons (Fsp3) is 0.800. The molecule has 1 fully saturated rings. The number of fused-ring (bicyclic) bond motifs is 1. The molecule has 1 aliphatic carbocycles. The number of ether oxygens (including phenoxy) is 1. The number of hydrogen-bond donors (Lipinski definition) is 1. The van der Waals surface area contributed by atoms with E-state index in [2.05, 4.69) is 20.1 Å². The summed E-state index contributed by atoms with van der Waals surface area (Å²) in [7, 11) is 1.80. The number of hydrogen-bond acceptors (Lipinski definition) is 4. The molecule has 0 bridgehead atoms. The molecular formula is C15H25N5O2. The van der Waals surface area contributed by atoms with Crippen molar-refractivity contribution in [1.29, 1.82) is 0 Å². The lowest BCUT2D eigenvalue weighted by Gasteiger charge is -2.26. The fourth-order valence-corrected chi connectivity index (χ4v) is 2.75. The molecule has 7 nitrogen and oxygen atoms in total. The first kappa shape index (κ1) is 15.3. The first-order valence-electron chi connectivity index (χ1n) is 8.14. The lowest BCUT2D eigenvalue weighted by atomic mass is 10.1. The van der Waals surface area contributed by atoms with Gasteiger partial charge in [0.25, 0.3) is 0 Å². The zero-order chi connectivity index (χ0) is 15.5. The molecule has 0 unspecified atom stereocenters. The van der Waals surface area contributed by atoms with Crippen LogP contribution in [0, 0.1) is 12.8 Å². The Hall–Kier alpha value is -1.63. The number of urea groups is 1. The smallest absolute Gasteiger partial charge is 0.317 e. The number of amides is 2. The molecule has 22 heavy (non-hydrogen) atoms. The molecule has 7 heteroatoms. The van der Waals surface area contributed by atoms with E-state index in [1.54, 1.807) is 11.9 Å². The maximum absolute atomic E-state index is 12.3. The van der Waals surface area contributed by atoms with Crippen LogP contribution in [0.25, 0.3) is 0 Å². The van der Waals surface area contributed by atoms with E-state index in [1.807, 2.05) is 6.92 Å². The maximum atomic E-state index is 12.3. The predicted octanol–water partition coefficient (Wildman–Crippen LogP) is 1.49. The summed E-state index contributed by atoms with van der Waals surface area (Å²) < 4.78 is 7.67. The number of nitrogens with one attached hydrogen (secondary N) is 1. The molecule has 1 N–H and O–H groups in total. The molecule has 1 saturated carbocycles. The van der Waals surface area contributed by atoms with Crippen molar-refractivity contribution in [2.24, 2.45) is 5.92 Å². The summed E-state index contributed by atoms with van der Waals surface area (Å²) in [6.45, 7) is 4.92. The third-order valence-corrected chi connectivity index (χ3v) is 4.42. The Morgan fingerprint density at radius 2 is 2.23 bits per heavy atom.